The predicted octanol–water partition coefficient (Wildman–Crippen LogP) is 3.56. The number of aromatic nitrogens is 3. The van der Waals surface area contributed by atoms with Gasteiger partial charge in [-0.25, -0.2) is 9.97 Å². The van der Waals surface area contributed by atoms with Crippen LogP contribution in [0.25, 0.3) is 0 Å². The zero-order valence-electron chi connectivity index (χ0n) is 17.8. The van der Waals surface area contributed by atoms with Gasteiger partial charge >= 0.3 is 0 Å². The molecule has 1 N–H and O–H groups in total. The Morgan fingerprint density at radius 2 is 2.07 bits per heavy atom. The van der Waals surface area contributed by atoms with Crippen molar-refractivity contribution in [1.29, 1.82) is 0 Å². The molecule has 2 aromatic rings. The maximum atomic E-state index is 13.6. The Morgan fingerprint density at radius 3 is 2.72 bits per heavy atom. The molecular formula is C22H31N5O2. The fourth-order valence-electron chi connectivity index (χ4n) is 5.18. The van der Waals surface area contributed by atoms with E-state index < -0.39 is 5.41 Å². The quantitative estimate of drug-likeness (QED) is 0.769. The first kappa shape index (κ1) is 19.9. The number of carbonyl (C=O) groups is 1. The Morgan fingerprint density at radius 1 is 1.31 bits per heavy atom. The summed E-state index contributed by atoms with van der Waals surface area (Å²) >= 11 is 0. The van der Waals surface area contributed by atoms with Crippen molar-refractivity contribution < 1.29 is 9.32 Å². The van der Waals surface area contributed by atoms with Crippen molar-refractivity contribution in [3.8, 4) is 0 Å². The van der Waals surface area contributed by atoms with Crippen LogP contribution in [0.3, 0.4) is 0 Å². The van der Waals surface area contributed by atoms with Crippen molar-refractivity contribution in [2.24, 2.45) is 11.3 Å². The molecule has 3 atom stereocenters. The van der Waals surface area contributed by atoms with Gasteiger partial charge in [0.1, 0.15) is 5.76 Å². The van der Waals surface area contributed by atoms with Gasteiger partial charge in [0.25, 0.3) is 0 Å². The minimum absolute atomic E-state index is 0.145. The molecule has 0 unspecified atom stereocenters. The molecule has 2 saturated heterocycles. The number of rotatable bonds is 7. The normalized spacial score (nSPS) is 25.8. The van der Waals surface area contributed by atoms with Crippen molar-refractivity contribution in [3.63, 3.8) is 0 Å². The monoisotopic (exact) mass is 397 g/mol. The van der Waals surface area contributed by atoms with E-state index in [4.69, 9.17) is 4.52 Å². The predicted molar refractivity (Wildman–Crippen MR) is 110 cm³/mol. The van der Waals surface area contributed by atoms with Gasteiger partial charge in [-0.3, -0.25) is 4.79 Å². The maximum Gasteiger partial charge on any atom is 0.228 e. The highest BCUT2D eigenvalue weighted by Gasteiger charge is 2.60. The molecule has 2 aromatic heterocycles. The zero-order valence-corrected chi connectivity index (χ0v) is 17.8. The van der Waals surface area contributed by atoms with Crippen LogP contribution in [0.15, 0.2) is 23.0 Å². The Balaban J connectivity index is 1.59. The Kier molecular flexibility index (Phi) is 5.32. The zero-order chi connectivity index (χ0) is 20.6. The summed E-state index contributed by atoms with van der Waals surface area (Å²) in [7, 11) is 0. The van der Waals surface area contributed by atoms with Crippen molar-refractivity contribution in [2.75, 3.05) is 4.90 Å². The maximum absolute atomic E-state index is 13.6. The van der Waals surface area contributed by atoms with Gasteiger partial charge in [0.15, 0.2) is 0 Å². The molecule has 29 heavy (non-hydrogen) atoms. The number of nitrogens with one attached hydrogen (secondary N) is 1. The van der Waals surface area contributed by atoms with E-state index in [2.05, 4.69) is 39.2 Å². The van der Waals surface area contributed by atoms with E-state index in [0.29, 0.717) is 18.5 Å². The minimum Gasteiger partial charge on any atom is -0.361 e. The molecular weight excluding hydrogens is 366 g/mol. The van der Waals surface area contributed by atoms with Crippen molar-refractivity contribution >= 4 is 11.9 Å². The molecule has 2 aliphatic rings. The molecule has 0 aliphatic carbocycles. The van der Waals surface area contributed by atoms with Gasteiger partial charge in [-0.15, -0.1) is 0 Å². The summed E-state index contributed by atoms with van der Waals surface area (Å²) in [6.07, 6.45) is 8.48. The molecule has 0 saturated carbocycles. The van der Waals surface area contributed by atoms with Crippen LogP contribution in [0.4, 0.5) is 5.95 Å². The van der Waals surface area contributed by atoms with Crippen LogP contribution in [0.1, 0.15) is 63.0 Å². The number of hydrogen-bond acceptors (Lipinski definition) is 6. The molecule has 0 spiro atoms. The SMILES string of the molecule is Cc1noc(C)c1CNC(=O)[C@@]1(CCC(C)C)C[C@H]2CC[C@@H]1N2c1ncccn1. The third-order valence-electron chi connectivity index (χ3n) is 6.75. The number of amides is 1. The van der Waals surface area contributed by atoms with E-state index in [1.807, 2.05) is 19.9 Å². The largest absolute Gasteiger partial charge is 0.361 e. The number of fused-ring (bicyclic) bond motifs is 2. The molecule has 2 fully saturated rings. The Bertz CT molecular complexity index is 846. The molecule has 0 aromatic carbocycles. The molecule has 7 nitrogen and oxygen atoms in total. The van der Waals surface area contributed by atoms with Gasteiger partial charge in [-0.1, -0.05) is 19.0 Å². The van der Waals surface area contributed by atoms with Crippen LogP contribution in [-0.4, -0.2) is 33.1 Å². The van der Waals surface area contributed by atoms with Gasteiger partial charge in [0.2, 0.25) is 11.9 Å². The summed E-state index contributed by atoms with van der Waals surface area (Å²) in [5, 5.41) is 7.23. The van der Waals surface area contributed by atoms with Gasteiger partial charge in [0.05, 0.1) is 11.1 Å². The first-order valence-corrected chi connectivity index (χ1v) is 10.7. The lowest BCUT2D eigenvalue weighted by molar-refractivity contribution is -0.133. The Labute approximate surface area is 172 Å². The lowest BCUT2D eigenvalue weighted by atomic mass is 9.69. The highest BCUT2D eigenvalue weighted by Crippen LogP contribution is 2.53. The first-order valence-electron chi connectivity index (χ1n) is 10.7. The van der Waals surface area contributed by atoms with E-state index in [1.165, 1.54) is 0 Å². The molecule has 7 heteroatoms. The van der Waals surface area contributed by atoms with Gasteiger partial charge in [0, 0.05) is 36.6 Å². The highest BCUT2D eigenvalue weighted by atomic mass is 16.5. The minimum atomic E-state index is -0.397. The number of aryl methyl sites for hydroxylation is 2. The lowest BCUT2D eigenvalue weighted by Gasteiger charge is -2.36. The second-order valence-corrected chi connectivity index (χ2v) is 8.98. The van der Waals surface area contributed by atoms with Gasteiger partial charge in [-0.05, 0) is 57.9 Å². The number of nitrogens with zero attached hydrogens (tertiary/aromatic N) is 4. The smallest absolute Gasteiger partial charge is 0.228 e. The second-order valence-electron chi connectivity index (χ2n) is 8.98. The highest BCUT2D eigenvalue weighted by molar-refractivity contribution is 5.85. The summed E-state index contributed by atoms with van der Waals surface area (Å²) in [6.45, 7) is 8.71. The van der Waals surface area contributed by atoms with Crippen molar-refractivity contribution in [2.45, 2.75) is 78.4 Å². The van der Waals surface area contributed by atoms with E-state index in [0.717, 1.165) is 55.1 Å². The first-order chi connectivity index (χ1) is 13.9. The van der Waals surface area contributed by atoms with E-state index in [-0.39, 0.29) is 11.9 Å². The molecule has 2 bridgehead atoms. The van der Waals surface area contributed by atoms with E-state index in [1.54, 1.807) is 12.4 Å². The van der Waals surface area contributed by atoms with Gasteiger partial charge < -0.3 is 14.7 Å². The Hall–Kier alpha value is -2.44. The summed E-state index contributed by atoms with van der Waals surface area (Å²) in [6, 6.07) is 2.32. The van der Waals surface area contributed by atoms with Crippen LogP contribution in [0.2, 0.25) is 0 Å². The third kappa shape index (κ3) is 3.51. The number of carbonyl (C=O) groups excluding carboxylic acids is 1. The average molecular weight is 398 g/mol. The van der Waals surface area contributed by atoms with Crippen LogP contribution in [0, 0.1) is 25.2 Å². The van der Waals surface area contributed by atoms with Crippen LogP contribution in [0.5, 0.6) is 0 Å². The third-order valence-corrected chi connectivity index (χ3v) is 6.75. The van der Waals surface area contributed by atoms with Crippen LogP contribution >= 0.6 is 0 Å². The standard InChI is InChI=1S/C22H31N5O2/c1-14(2)8-9-22(20(28)25-13-18-15(3)26-29-16(18)4)12-17-6-7-19(22)27(17)21-23-10-5-11-24-21/h5,10-11,14,17,19H,6-9,12-13H2,1-4H3,(H,25,28)/t17-,19+,22+/m1/s1. The summed E-state index contributed by atoms with van der Waals surface area (Å²) in [5.41, 5.74) is 1.42. The van der Waals surface area contributed by atoms with Crippen molar-refractivity contribution in [1.82, 2.24) is 20.4 Å². The van der Waals surface area contributed by atoms with Crippen molar-refractivity contribution in [3.05, 3.63) is 35.5 Å². The van der Waals surface area contributed by atoms with Gasteiger partial charge in [-0.2, -0.15) is 0 Å². The number of hydrogen-bond donors (Lipinski definition) is 1. The number of anilines is 1. The molecule has 1 amide bonds. The van der Waals surface area contributed by atoms with E-state index in [9.17, 15) is 4.79 Å². The average Bonchev–Trinajstić information content (AvgIpc) is 3.37. The fourth-order valence-corrected chi connectivity index (χ4v) is 5.18. The van der Waals surface area contributed by atoms with Crippen LogP contribution in [-0.2, 0) is 11.3 Å². The molecule has 156 valence electrons. The molecule has 4 rings (SSSR count). The summed E-state index contributed by atoms with van der Waals surface area (Å²) in [4.78, 5) is 24.9. The molecule has 0 radical (unpaired) electrons. The lowest BCUT2D eigenvalue weighted by Crippen LogP contribution is -2.49. The molecule has 4 heterocycles. The second kappa shape index (κ2) is 7.76. The topological polar surface area (TPSA) is 84.2 Å². The summed E-state index contributed by atoms with van der Waals surface area (Å²) in [5.74, 6) is 2.23. The fraction of sp³-hybridized carbons (Fsp3) is 0.636. The summed E-state index contributed by atoms with van der Waals surface area (Å²) < 4.78 is 5.26. The van der Waals surface area contributed by atoms with E-state index >= 15 is 0 Å². The molecule has 2 aliphatic heterocycles. The van der Waals surface area contributed by atoms with Crippen LogP contribution < -0.4 is 10.2 Å².